The second kappa shape index (κ2) is 11.0. The fourth-order valence-electron chi connectivity index (χ4n) is 6.37. The van der Waals surface area contributed by atoms with E-state index in [-0.39, 0.29) is 0 Å². The van der Waals surface area contributed by atoms with Gasteiger partial charge >= 0.3 is 27.0 Å². The molecule has 3 aliphatic rings. The number of hydrogen-bond donors (Lipinski definition) is 0. The van der Waals surface area contributed by atoms with Gasteiger partial charge in [-0.2, -0.15) is 22.7 Å². The Morgan fingerprint density at radius 3 is 1.03 bits per heavy atom. The molecule has 0 aliphatic heterocycles. The molecule has 3 aromatic carbocycles. The van der Waals surface area contributed by atoms with Crippen molar-refractivity contribution in [2.45, 2.75) is 41.5 Å². The molecule has 36 heavy (non-hydrogen) atoms. The third-order valence-electron chi connectivity index (χ3n) is 8.68. The molecule has 0 nitrogen and oxygen atoms in total. The molecule has 0 spiro atoms. The van der Waals surface area contributed by atoms with Crippen LogP contribution in [0.25, 0.3) is 0 Å². The van der Waals surface area contributed by atoms with Gasteiger partial charge in [0.1, 0.15) is 15.9 Å². The minimum atomic E-state index is -0.877. The maximum atomic E-state index is 4.53. The summed E-state index contributed by atoms with van der Waals surface area (Å²) >= 11 is 2.02. The van der Waals surface area contributed by atoms with Gasteiger partial charge in [0.2, 0.25) is 0 Å². The van der Waals surface area contributed by atoms with Crippen LogP contribution >= 0.6 is 17.6 Å². The second-order valence-corrected chi connectivity index (χ2v) is 14.9. The first-order valence-corrected chi connectivity index (χ1v) is 16.6. The van der Waals surface area contributed by atoms with E-state index in [1.807, 2.05) is 17.3 Å². The second-order valence-electron chi connectivity index (χ2n) is 12.4. The summed E-state index contributed by atoms with van der Waals surface area (Å²) in [7, 11) is 3.65. The van der Waals surface area contributed by atoms with Crippen LogP contribution in [0, 0.1) is 52.8 Å². The normalized spacial score (nSPS) is 27.6. The van der Waals surface area contributed by atoms with Crippen LogP contribution < -0.4 is 15.9 Å². The van der Waals surface area contributed by atoms with Gasteiger partial charge < -0.3 is 12.8 Å². The Labute approximate surface area is 235 Å². The van der Waals surface area contributed by atoms with Crippen molar-refractivity contribution in [1.29, 1.82) is 0 Å². The van der Waals surface area contributed by atoms with Gasteiger partial charge in [0, 0.05) is 0 Å². The minimum Gasteiger partial charge on any atom is -0.0620 e. The largest absolute Gasteiger partial charge is 0.102 e. The van der Waals surface area contributed by atoms with Crippen LogP contribution in [0.5, 0.6) is 0 Å². The Bertz CT molecular complexity index is 986. The summed E-state index contributed by atoms with van der Waals surface area (Å²) in [5.74, 6) is 3.75. The van der Waals surface area contributed by atoms with Crippen molar-refractivity contribution in [1.82, 2.24) is 0 Å². The Morgan fingerprint density at radius 2 is 0.806 bits per heavy atom. The van der Waals surface area contributed by atoms with E-state index in [0.717, 1.165) is 23.7 Å². The summed E-state index contributed by atoms with van der Waals surface area (Å²) in [5, 5.41) is 4.31. The maximum Gasteiger partial charge on any atom is 0.102 e. The molecule has 0 radical (unpaired) electrons. The zero-order valence-electron chi connectivity index (χ0n) is 22.3. The van der Waals surface area contributed by atoms with Gasteiger partial charge in [-0.25, -0.2) is 0 Å². The molecule has 3 aliphatic carbocycles. The Kier molecular flexibility index (Phi) is 8.57. The van der Waals surface area contributed by atoms with Crippen LogP contribution in [0.2, 0.25) is 0 Å². The molecule has 0 amide bonds. The zero-order valence-corrected chi connectivity index (χ0v) is 25.7. The van der Waals surface area contributed by atoms with E-state index >= 15 is 0 Å². The van der Waals surface area contributed by atoms with E-state index < -0.39 is 7.92 Å². The van der Waals surface area contributed by atoms with Crippen molar-refractivity contribution >= 4 is 33.5 Å². The molecule has 0 heterocycles. The SMILES string of the molecule is CC1(C)[CH-]C1C1C(C2[CH-]C2(C)C)C1(C)C.[Cl][Rh+2].c1ccc([PH+](c2ccccc2)c2ccccc2)cc1. The molecule has 3 aromatic rings. The van der Waals surface area contributed by atoms with Crippen molar-refractivity contribution in [2.24, 2.45) is 39.9 Å². The predicted octanol–water partition coefficient (Wildman–Crippen LogP) is 7.84. The summed E-state index contributed by atoms with van der Waals surface area (Å²) in [6, 6.07) is 32.5. The molecule has 0 aromatic heterocycles. The summed E-state index contributed by atoms with van der Waals surface area (Å²) < 4.78 is 0. The molecule has 0 N–H and O–H groups in total. The monoisotopic (exact) mass is 605 g/mol. The van der Waals surface area contributed by atoms with Crippen molar-refractivity contribution in [3.05, 3.63) is 104 Å². The molecule has 0 saturated heterocycles. The fraction of sp³-hybridized carbons (Fsp3) is 0.394. The smallest absolute Gasteiger partial charge is 0.0620 e. The Morgan fingerprint density at radius 1 is 0.556 bits per heavy atom. The molecule has 192 valence electrons. The van der Waals surface area contributed by atoms with Crippen LogP contribution in [0.3, 0.4) is 0 Å². The average Bonchev–Trinajstić information content (AvgIpc) is 3.80. The van der Waals surface area contributed by atoms with E-state index in [0.29, 0.717) is 16.2 Å². The van der Waals surface area contributed by atoms with Gasteiger partial charge in [-0.05, 0) is 41.8 Å². The summed E-state index contributed by atoms with van der Waals surface area (Å²) in [4.78, 5) is 0. The molecular formula is C33H40ClPRh+. The summed E-state index contributed by atoms with van der Waals surface area (Å²) in [5.41, 5.74) is 1.68. The maximum absolute atomic E-state index is 4.53. The van der Waals surface area contributed by atoms with E-state index in [4.69, 9.17) is 0 Å². The molecule has 4 atom stereocenters. The number of hydrogen-bond acceptors (Lipinski definition) is 0. The van der Waals surface area contributed by atoms with E-state index in [2.05, 4.69) is 155 Å². The molecular weight excluding hydrogens is 566 g/mol. The van der Waals surface area contributed by atoms with Gasteiger partial charge in [-0.1, -0.05) is 108 Å². The van der Waals surface area contributed by atoms with Crippen LogP contribution in [-0.4, -0.2) is 0 Å². The zero-order chi connectivity index (χ0) is 26.1. The third-order valence-corrected chi connectivity index (χ3v) is 11.4. The average molecular weight is 606 g/mol. The van der Waals surface area contributed by atoms with Gasteiger partial charge in [0.05, 0.1) is 7.92 Å². The molecule has 3 fully saturated rings. The topological polar surface area (TPSA) is 0 Å². The molecule has 6 rings (SSSR count). The standard InChI is InChI=1S/C18H15P.C15H24.ClH.Rh/c1-4-10-16(11-5-1)19(17-12-6-2-7-13-17)18-14-8-3-9-15-18;1-13(2)7-9(13)11-12(15(11,5)6)10-8-14(10,3)4;;/h1-15H;7-12H,1-6H3;1H;/q;-2;;+3. The van der Waals surface area contributed by atoms with Gasteiger partial charge in [0.25, 0.3) is 0 Å². The molecule has 0 bridgehead atoms. The number of halogens is 1. The van der Waals surface area contributed by atoms with Crippen LogP contribution in [0.4, 0.5) is 0 Å². The van der Waals surface area contributed by atoms with E-state index in [9.17, 15) is 0 Å². The van der Waals surface area contributed by atoms with Crippen molar-refractivity contribution in [2.75, 3.05) is 0 Å². The minimum absolute atomic E-state index is 0.537. The first kappa shape index (κ1) is 28.0. The Balaban J connectivity index is 0.000000162. The van der Waals surface area contributed by atoms with Crippen molar-refractivity contribution < 1.29 is 17.3 Å². The van der Waals surface area contributed by atoms with Gasteiger partial charge in [0.15, 0.2) is 0 Å². The molecule has 4 unspecified atom stereocenters. The van der Waals surface area contributed by atoms with Crippen LogP contribution in [0.15, 0.2) is 91.0 Å². The number of benzene rings is 3. The quantitative estimate of drug-likeness (QED) is 0.158. The molecule has 3 heteroatoms. The fourth-order valence-corrected chi connectivity index (χ4v) is 8.94. The van der Waals surface area contributed by atoms with E-state index in [1.165, 1.54) is 15.9 Å². The van der Waals surface area contributed by atoms with Gasteiger partial charge in [-0.3, -0.25) is 0 Å². The first-order chi connectivity index (χ1) is 17.1. The van der Waals surface area contributed by atoms with Crippen LogP contribution in [0.1, 0.15) is 41.5 Å². The Hall–Kier alpha value is -0.997. The predicted molar refractivity (Wildman–Crippen MR) is 156 cm³/mol. The molecule has 3 saturated carbocycles. The number of rotatable bonds is 5. The third kappa shape index (κ3) is 6.01. The van der Waals surface area contributed by atoms with Crippen molar-refractivity contribution in [3.63, 3.8) is 0 Å². The summed E-state index contributed by atoms with van der Waals surface area (Å²) in [6.45, 7) is 14.5. The first-order valence-electron chi connectivity index (χ1n) is 13.0. The van der Waals surface area contributed by atoms with Gasteiger partial charge in [-0.15, -0.1) is 0 Å². The summed E-state index contributed by atoms with van der Waals surface area (Å²) in [6.07, 6.45) is 5.13. The van der Waals surface area contributed by atoms with Crippen molar-refractivity contribution in [3.8, 4) is 0 Å². The van der Waals surface area contributed by atoms with Crippen LogP contribution in [-0.2, 0) is 17.3 Å². The van der Waals surface area contributed by atoms with E-state index in [1.54, 1.807) is 0 Å².